The van der Waals surface area contributed by atoms with Crippen LogP contribution in [0.1, 0.15) is 78.6 Å². The second-order valence-electron chi connectivity index (χ2n) is 15.8. The zero-order valence-electron chi connectivity index (χ0n) is 25.1. The Bertz CT molecular complexity index is 952. The van der Waals surface area contributed by atoms with Gasteiger partial charge in [-0.15, -0.1) is 0 Å². The van der Waals surface area contributed by atoms with Gasteiger partial charge in [-0.05, 0) is 139 Å². The van der Waals surface area contributed by atoms with Crippen molar-refractivity contribution >= 4 is 17.0 Å². The van der Waals surface area contributed by atoms with Crippen molar-refractivity contribution in [3.8, 4) is 0 Å². The number of fused-ring (bicyclic) bond motifs is 4. The summed E-state index contributed by atoms with van der Waals surface area (Å²) < 4.78 is 0. The summed E-state index contributed by atoms with van der Waals surface area (Å²) in [5, 5.41) is 0. The molecule has 0 radical (unpaired) electrons. The average Bonchev–Trinajstić information content (AvgIpc) is 3.50. The Morgan fingerprint density at radius 3 is 1.49 bits per heavy atom. The summed E-state index contributed by atoms with van der Waals surface area (Å²) in [5.41, 5.74) is 1.74. The first-order valence-corrected chi connectivity index (χ1v) is 21.8. The van der Waals surface area contributed by atoms with E-state index < -0.39 is 20.8 Å². The third-order valence-electron chi connectivity index (χ3n) is 13.7. The molecule has 7 fully saturated rings. The van der Waals surface area contributed by atoms with Crippen LogP contribution in [0.4, 0.5) is 0 Å². The SMILES string of the molecule is CC1(C)CC(C)(C2C3C=CC=CC3C3C=CC=CC32)C2CC(C34CC5CC(CC(C5)C3)C4)CC21.[CH3-].[CH3-].[Cl][Zr+2][Cl]. The fourth-order valence-corrected chi connectivity index (χ4v) is 13.3. The first-order valence-electron chi connectivity index (χ1n) is 15.4. The van der Waals surface area contributed by atoms with E-state index in [1.807, 2.05) is 0 Å². The molecule has 4 bridgehead atoms. The Labute approximate surface area is 259 Å². The predicted molar refractivity (Wildman–Crippen MR) is 165 cm³/mol. The van der Waals surface area contributed by atoms with Gasteiger partial charge in [0.25, 0.3) is 0 Å². The Morgan fingerprint density at radius 1 is 0.615 bits per heavy atom. The standard InChI is InChI=1S/C34H46.2CH3.2ClH.Zr/c1-32(2)20-33(3,31-27-10-6-4-8-25(27)26-9-5-7-11-28(26)31)30-16-24(15-29(30)32)34-17-21-12-22(18-34)14-23(13-21)19-34;;;;;/h4-11,21-31H,12-20H2,1-3H3;2*1H3;2*1H;/q;2*-1;;;+4/p-2. The van der Waals surface area contributed by atoms with Crippen LogP contribution in [0.2, 0.25) is 0 Å². The first kappa shape index (κ1) is 30.9. The number of rotatable bonds is 2. The van der Waals surface area contributed by atoms with Crippen molar-refractivity contribution in [1.29, 1.82) is 0 Å². The molecule has 0 aromatic carbocycles. The Hall–Kier alpha value is 0.423. The molecule has 39 heavy (non-hydrogen) atoms. The first-order chi connectivity index (χ1) is 17.8. The molecule has 0 heterocycles. The molecule has 214 valence electrons. The molecule has 8 unspecified atom stereocenters. The van der Waals surface area contributed by atoms with Crippen LogP contribution in [0.3, 0.4) is 0 Å². The Kier molecular flexibility index (Phi) is 8.84. The molecule has 0 aromatic rings. The summed E-state index contributed by atoms with van der Waals surface area (Å²) >= 11 is -0.826. The Balaban J connectivity index is 0.000000592. The van der Waals surface area contributed by atoms with E-state index >= 15 is 0 Å². The van der Waals surface area contributed by atoms with Crippen LogP contribution in [-0.2, 0) is 20.8 Å². The monoisotopic (exact) mass is 644 g/mol. The van der Waals surface area contributed by atoms with Crippen LogP contribution in [0, 0.1) is 96.2 Å². The molecule has 0 aliphatic heterocycles. The van der Waals surface area contributed by atoms with Gasteiger partial charge in [0.15, 0.2) is 0 Å². The van der Waals surface area contributed by atoms with E-state index in [-0.39, 0.29) is 14.9 Å². The summed E-state index contributed by atoms with van der Waals surface area (Å²) in [6.45, 7) is 8.15. The quantitative estimate of drug-likeness (QED) is 0.262. The molecule has 9 rings (SSSR count). The van der Waals surface area contributed by atoms with E-state index in [0.717, 1.165) is 70.5 Å². The predicted octanol–water partition coefficient (Wildman–Crippen LogP) is 10.9. The third-order valence-corrected chi connectivity index (χ3v) is 13.7. The molecule has 9 aliphatic rings. The third kappa shape index (κ3) is 4.77. The summed E-state index contributed by atoms with van der Waals surface area (Å²) in [7, 11) is 9.87. The zero-order valence-corrected chi connectivity index (χ0v) is 29.1. The van der Waals surface area contributed by atoms with Gasteiger partial charge in [0, 0.05) is 0 Å². The molecular weight excluding hydrogens is 595 g/mol. The van der Waals surface area contributed by atoms with Crippen LogP contribution >= 0.6 is 17.0 Å². The molecule has 0 spiro atoms. The van der Waals surface area contributed by atoms with Crippen LogP contribution in [-0.4, -0.2) is 0 Å². The minimum atomic E-state index is -0.826. The molecule has 7 saturated carbocycles. The van der Waals surface area contributed by atoms with E-state index in [2.05, 4.69) is 69.4 Å². The topological polar surface area (TPSA) is 0 Å². The van der Waals surface area contributed by atoms with Crippen molar-refractivity contribution in [3.63, 3.8) is 0 Å². The van der Waals surface area contributed by atoms with Gasteiger partial charge in [-0.2, -0.15) is 0 Å². The van der Waals surface area contributed by atoms with Gasteiger partial charge in [-0.1, -0.05) is 69.4 Å². The van der Waals surface area contributed by atoms with Gasteiger partial charge in [0.1, 0.15) is 0 Å². The van der Waals surface area contributed by atoms with E-state index in [4.69, 9.17) is 17.0 Å². The second kappa shape index (κ2) is 11.2. The van der Waals surface area contributed by atoms with E-state index in [0.29, 0.717) is 10.8 Å². The molecule has 3 heteroatoms. The van der Waals surface area contributed by atoms with Crippen molar-refractivity contribution < 1.29 is 20.8 Å². The van der Waals surface area contributed by atoms with Gasteiger partial charge >= 0.3 is 37.9 Å². The van der Waals surface area contributed by atoms with Gasteiger partial charge in [-0.3, -0.25) is 0 Å². The molecule has 0 aromatic heterocycles. The van der Waals surface area contributed by atoms with Crippen molar-refractivity contribution in [2.45, 2.75) is 78.6 Å². The molecule has 0 saturated heterocycles. The maximum absolute atomic E-state index is 4.93. The Morgan fingerprint density at radius 2 is 1.03 bits per heavy atom. The number of hydrogen-bond acceptors (Lipinski definition) is 0. The maximum atomic E-state index is 4.93. The summed E-state index contributed by atoms with van der Waals surface area (Å²) in [6, 6.07) is 0. The summed E-state index contributed by atoms with van der Waals surface area (Å²) in [5.74, 6) is 9.97. The molecule has 0 amide bonds. The molecule has 0 N–H and O–H groups in total. The van der Waals surface area contributed by atoms with Crippen LogP contribution in [0.25, 0.3) is 0 Å². The number of halogens is 2. The van der Waals surface area contributed by atoms with Gasteiger partial charge in [0.2, 0.25) is 0 Å². The van der Waals surface area contributed by atoms with Crippen LogP contribution in [0.15, 0.2) is 48.6 Å². The molecule has 0 nitrogen and oxygen atoms in total. The van der Waals surface area contributed by atoms with Gasteiger partial charge < -0.3 is 14.9 Å². The average molecular weight is 647 g/mol. The van der Waals surface area contributed by atoms with Crippen LogP contribution < -0.4 is 0 Å². The van der Waals surface area contributed by atoms with E-state index in [1.165, 1.54) is 6.42 Å². The number of allylic oxidation sites excluding steroid dienone is 8. The fourth-order valence-electron chi connectivity index (χ4n) is 13.3. The molecular formula is C36H52Cl2Zr. The number of hydrogen-bond donors (Lipinski definition) is 0. The second-order valence-corrected chi connectivity index (χ2v) is 19.5. The summed E-state index contributed by atoms with van der Waals surface area (Å²) in [4.78, 5) is 0. The minimum absolute atomic E-state index is 0. The zero-order chi connectivity index (χ0) is 25.6. The van der Waals surface area contributed by atoms with Crippen molar-refractivity contribution in [2.24, 2.45) is 81.3 Å². The summed E-state index contributed by atoms with van der Waals surface area (Å²) in [6.07, 6.45) is 34.1. The van der Waals surface area contributed by atoms with Gasteiger partial charge in [-0.25, -0.2) is 0 Å². The van der Waals surface area contributed by atoms with Crippen molar-refractivity contribution in [1.82, 2.24) is 0 Å². The van der Waals surface area contributed by atoms with E-state index in [9.17, 15) is 0 Å². The van der Waals surface area contributed by atoms with E-state index in [1.54, 1.807) is 51.4 Å². The fraction of sp³-hybridized carbons (Fsp3) is 0.722. The normalized spacial score (nSPS) is 52.1. The molecule has 9 aliphatic carbocycles. The van der Waals surface area contributed by atoms with Crippen LogP contribution in [0.5, 0.6) is 0 Å². The van der Waals surface area contributed by atoms with Gasteiger partial charge in [0.05, 0.1) is 0 Å². The molecule has 8 atom stereocenters. The van der Waals surface area contributed by atoms with Crippen molar-refractivity contribution in [3.05, 3.63) is 63.5 Å². The van der Waals surface area contributed by atoms with Crippen molar-refractivity contribution in [2.75, 3.05) is 0 Å².